The van der Waals surface area contributed by atoms with Gasteiger partial charge in [-0.15, -0.1) is 0 Å². The maximum Gasteiger partial charge on any atom is 0.306 e. The van der Waals surface area contributed by atoms with Crippen molar-refractivity contribution in [2.24, 2.45) is 0 Å². The summed E-state index contributed by atoms with van der Waals surface area (Å²) in [6.45, 7) is 6.23. The van der Waals surface area contributed by atoms with E-state index in [9.17, 15) is 19.8 Å². The van der Waals surface area contributed by atoms with E-state index in [4.69, 9.17) is 4.74 Å². The zero-order valence-electron chi connectivity index (χ0n) is 36.9. The molecule has 6 heteroatoms. The summed E-state index contributed by atoms with van der Waals surface area (Å²) in [5.41, 5.74) is 0. The van der Waals surface area contributed by atoms with Gasteiger partial charge in [-0.3, -0.25) is 9.59 Å². The minimum atomic E-state index is -0.811. The van der Waals surface area contributed by atoms with Crippen molar-refractivity contribution in [3.63, 3.8) is 0 Å². The van der Waals surface area contributed by atoms with E-state index in [1.807, 2.05) is 60.8 Å². The lowest BCUT2D eigenvalue weighted by atomic mass is 10.0. The number of allylic oxidation sites excluding steroid dienone is 14. The van der Waals surface area contributed by atoms with E-state index < -0.39 is 18.2 Å². The Kier molecular flexibility index (Phi) is 41.9. The molecule has 0 aliphatic carbocycles. The Hall–Kier alpha value is -2.96. The highest BCUT2D eigenvalue weighted by Crippen LogP contribution is 2.16. The fourth-order valence-corrected chi connectivity index (χ4v) is 6.59. The lowest BCUT2D eigenvalue weighted by molar-refractivity contribution is -0.151. The van der Waals surface area contributed by atoms with Crippen molar-refractivity contribution in [1.82, 2.24) is 5.32 Å². The lowest BCUT2D eigenvalue weighted by Crippen LogP contribution is -2.46. The molecule has 1 amide bonds. The van der Waals surface area contributed by atoms with E-state index in [1.54, 1.807) is 0 Å². The lowest BCUT2D eigenvalue weighted by Gasteiger charge is -2.24. The minimum Gasteiger partial charge on any atom is -0.462 e. The third-order valence-corrected chi connectivity index (χ3v) is 10.1. The van der Waals surface area contributed by atoms with Gasteiger partial charge in [-0.05, 0) is 57.8 Å². The maximum atomic E-state index is 13.1. The molecule has 0 aliphatic heterocycles. The van der Waals surface area contributed by atoms with E-state index in [0.717, 1.165) is 77.0 Å². The van der Waals surface area contributed by atoms with Crippen molar-refractivity contribution in [1.29, 1.82) is 0 Å². The minimum absolute atomic E-state index is 0.0191. The van der Waals surface area contributed by atoms with Crippen molar-refractivity contribution in [3.8, 4) is 0 Å². The van der Waals surface area contributed by atoms with Gasteiger partial charge in [0.1, 0.15) is 6.10 Å². The largest absolute Gasteiger partial charge is 0.462 e. The number of hydrogen-bond acceptors (Lipinski definition) is 5. The topological polar surface area (TPSA) is 95.9 Å². The maximum absolute atomic E-state index is 13.1. The number of esters is 1. The number of carbonyl (C=O) groups is 2. The van der Waals surface area contributed by atoms with E-state index >= 15 is 0 Å². The Labute approximate surface area is 351 Å². The summed E-state index contributed by atoms with van der Waals surface area (Å²) < 4.78 is 5.86. The summed E-state index contributed by atoms with van der Waals surface area (Å²) in [6.07, 6.45) is 56.4. The summed E-state index contributed by atoms with van der Waals surface area (Å²) in [5, 5.41) is 23.6. The number of rotatable bonds is 40. The number of nitrogens with one attached hydrogen (secondary N) is 1. The van der Waals surface area contributed by atoms with Crippen molar-refractivity contribution >= 4 is 11.9 Å². The van der Waals surface area contributed by atoms with E-state index in [-0.39, 0.29) is 24.9 Å². The third kappa shape index (κ3) is 39.6. The van der Waals surface area contributed by atoms with Gasteiger partial charge in [0.15, 0.2) is 0 Å². The first-order valence-electron chi connectivity index (χ1n) is 23.4. The summed E-state index contributed by atoms with van der Waals surface area (Å²) >= 11 is 0. The molecular formula is C51H87NO5. The van der Waals surface area contributed by atoms with Gasteiger partial charge in [0.25, 0.3) is 0 Å². The average Bonchev–Trinajstić information content (AvgIpc) is 3.20. The molecular weight excluding hydrogens is 707 g/mol. The summed E-state index contributed by atoms with van der Waals surface area (Å²) in [4.78, 5) is 26.0. The predicted octanol–water partition coefficient (Wildman–Crippen LogP) is 13.6. The Balaban J connectivity index is 4.76. The first-order valence-corrected chi connectivity index (χ1v) is 23.4. The van der Waals surface area contributed by atoms with Crippen LogP contribution in [-0.2, 0) is 14.3 Å². The smallest absolute Gasteiger partial charge is 0.306 e. The molecule has 0 radical (unpaired) electrons. The monoisotopic (exact) mass is 794 g/mol. The van der Waals surface area contributed by atoms with Crippen molar-refractivity contribution in [3.05, 3.63) is 85.1 Å². The molecule has 0 fully saturated rings. The van der Waals surface area contributed by atoms with Crippen LogP contribution in [0.1, 0.15) is 201 Å². The van der Waals surface area contributed by atoms with Gasteiger partial charge in [0.2, 0.25) is 5.91 Å². The number of unbranched alkanes of at least 4 members (excludes halogenated alkanes) is 19. The van der Waals surface area contributed by atoms with E-state index in [0.29, 0.717) is 19.3 Å². The molecule has 0 spiro atoms. The highest BCUT2D eigenvalue weighted by molar-refractivity contribution is 5.77. The Bertz CT molecular complexity index is 1120. The van der Waals surface area contributed by atoms with Gasteiger partial charge in [-0.1, -0.05) is 215 Å². The third-order valence-electron chi connectivity index (χ3n) is 10.1. The molecule has 0 aromatic rings. The molecule has 0 saturated heterocycles. The molecule has 0 heterocycles. The first kappa shape index (κ1) is 54.0. The summed E-state index contributed by atoms with van der Waals surface area (Å²) in [6, 6.07) is -0.730. The van der Waals surface area contributed by atoms with Crippen LogP contribution in [0.5, 0.6) is 0 Å². The molecule has 0 aliphatic rings. The van der Waals surface area contributed by atoms with Gasteiger partial charge < -0.3 is 20.3 Å². The SMILES string of the molecule is CC\C=C/C=C/C=C/C=C\C=C\C=C\CCCC(CC(=O)NC(CO)C(O)CCCCCCCCCCCCCCC)OC(=O)CCCCCCC/C=C\CCC. The van der Waals surface area contributed by atoms with Crippen LogP contribution in [0.15, 0.2) is 85.1 Å². The van der Waals surface area contributed by atoms with Crippen LogP contribution in [0.2, 0.25) is 0 Å². The highest BCUT2D eigenvalue weighted by Gasteiger charge is 2.24. The van der Waals surface area contributed by atoms with E-state index in [1.165, 1.54) is 77.0 Å². The first-order chi connectivity index (χ1) is 28.0. The second kappa shape index (κ2) is 44.1. The van der Waals surface area contributed by atoms with Gasteiger partial charge >= 0.3 is 5.97 Å². The fourth-order valence-electron chi connectivity index (χ4n) is 6.59. The second-order valence-corrected chi connectivity index (χ2v) is 15.6. The molecule has 0 bridgehead atoms. The Morgan fingerprint density at radius 3 is 1.58 bits per heavy atom. The zero-order valence-corrected chi connectivity index (χ0v) is 36.9. The van der Waals surface area contributed by atoms with Crippen LogP contribution in [0.3, 0.4) is 0 Å². The second-order valence-electron chi connectivity index (χ2n) is 15.6. The molecule has 3 atom stereocenters. The van der Waals surface area contributed by atoms with Crippen LogP contribution in [0.25, 0.3) is 0 Å². The molecule has 3 unspecified atom stereocenters. The van der Waals surface area contributed by atoms with Crippen molar-refractivity contribution in [2.45, 2.75) is 219 Å². The molecule has 326 valence electrons. The number of aliphatic hydroxyl groups excluding tert-OH is 2. The Morgan fingerprint density at radius 1 is 0.526 bits per heavy atom. The van der Waals surface area contributed by atoms with Gasteiger partial charge in [0.05, 0.1) is 25.2 Å². The van der Waals surface area contributed by atoms with Crippen molar-refractivity contribution < 1.29 is 24.5 Å². The van der Waals surface area contributed by atoms with Gasteiger partial charge in [0, 0.05) is 6.42 Å². The molecule has 6 nitrogen and oxygen atoms in total. The molecule has 0 saturated carbocycles. The average molecular weight is 794 g/mol. The molecule has 3 N–H and O–H groups in total. The van der Waals surface area contributed by atoms with Crippen LogP contribution in [-0.4, -0.2) is 46.9 Å². The molecule has 0 aromatic carbocycles. The zero-order chi connectivity index (χ0) is 41.7. The number of amides is 1. The summed E-state index contributed by atoms with van der Waals surface area (Å²) in [5.74, 6) is -0.569. The van der Waals surface area contributed by atoms with Crippen LogP contribution < -0.4 is 5.32 Å². The normalized spacial score (nSPS) is 14.1. The van der Waals surface area contributed by atoms with Crippen LogP contribution in [0, 0.1) is 0 Å². The van der Waals surface area contributed by atoms with E-state index in [2.05, 4.69) is 50.4 Å². The standard InChI is InChI=1S/C51H87NO5/c1-4-7-10-13-16-19-22-24-25-27-28-30-33-36-39-42-47(57-51(56)44-41-38-35-32-21-18-15-12-9-6-3)45-50(55)52-48(46-53)49(54)43-40-37-34-31-29-26-23-20-17-14-11-8-5-2/h7,10,12-13,15-16,19,22,24-25,27-28,30,33,47-49,53-54H,4-6,8-9,11,14,17-18,20-21,23,26,29,31-32,34-46H2,1-3H3,(H,52,55)/b10-7-,15-12-,16-13+,22-19+,25-24-,28-27+,33-30+. The quantitative estimate of drug-likeness (QED) is 0.0248. The number of hydrogen-bond donors (Lipinski definition) is 3. The number of aliphatic hydroxyl groups is 2. The van der Waals surface area contributed by atoms with Crippen LogP contribution in [0.4, 0.5) is 0 Å². The molecule has 0 rings (SSSR count). The molecule has 0 aromatic heterocycles. The van der Waals surface area contributed by atoms with Crippen LogP contribution >= 0.6 is 0 Å². The van der Waals surface area contributed by atoms with Gasteiger partial charge in [-0.25, -0.2) is 0 Å². The highest BCUT2D eigenvalue weighted by atomic mass is 16.5. The molecule has 57 heavy (non-hydrogen) atoms. The number of ether oxygens (including phenoxy) is 1. The Morgan fingerprint density at radius 2 is 1.02 bits per heavy atom. The van der Waals surface area contributed by atoms with Crippen molar-refractivity contribution in [2.75, 3.05) is 6.61 Å². The van der Waals surface area contributed by atoms with Gasteiger partial charge in [-0.2, -0.15) is 0 Å². The number of carbonyl (C=O) groups excluding carboxylic acids is 2. The predicted molar refractivity (Wildman–Crippen MR) is 245 cm³/mol. The summed E-state index contributed by atoms with van der Waals surface area (Å²) in [7, 11) is 0. The fraction of sp³-hybridized carbons (Fsp3) is 0.686.